The van der Waals surface area contributed by atoms with Gasteiger partial charge in [-0.1, -0.05) is 42.5 Å². The molecule has 1 aromatic heterocycles. The molecule has 2 N–H and O–H groups in total. The van der Waals surface area contributed by atoms with Crippen LogP contribution in [0.1, 0.15) is 29.5 Å². The van der Waals surface area contributed by atoms with E-state index in [1.54, 1.807) is 0 Å². The number of nitrogens with one attached hydrogen (secondary N) is 2. The maximum atomic E-state index is 12.7. The molecule has 7 heteroatoms. The Kier molecular flexibility index (Phi) is 6.43. The predicted molar refractivity (Wildman–Crippen MR) is 123 cm³/mol. The Balaban J connectivity index is 1.26. The molecule has 31 heavy (non-hydrogen) atoms. The summed E-state index contributed by atoms with van der Waals surface area (Å²) in [6, 6.07) is 15.4. The van der Waals surface area contributed by atoms with Gasteiger partial charge in [0.05, 0.1) is 5.75 Å². The lowest BCUT2D eigenvalue weighted by Gasteiger charge is -2.30. The first-order valence-electron chi connectivity index (χ1n) is 10.8. The van der Waals surface area contributed by atoms with Gasteiger partial charge in [-0.05, 0) is 48.9 Å². The minimum absolute atomic E-state index is 0.00867. The summed E-state index contributed by atoms with van der Waals surface area (Å²) >= 11 is 0. The Bertz CT molecular complexity index is 1150. The molecule has 0 bridgehead atoms. The topological polar surface area (TPSA) is 82.3 Å². The Morgan fingerprint density at radius 2 is 1.84 bits per heavy atom. The molecule has 0 radical (unpaired) electrons. The third-order valence-corrected chi connectivity index (χ3v) is 7.95. The lowest BCUT2D eigenvalue weighted by molar-refractivity contribution is -0.126. The summed E-state index contributed by atoms with van der Waals surface area (Å²) in [5.41, 5.74) is 4.33. The van der Waals surface area contributed by atoms with Crippen molar-refractivity contribution >= 4 is 26.8 Å². The van der Waals surface area contributed by atoms with Crippen LogP contribution < -0.4 is 5.32 Å². The summed E-state index contributed by atoms with van der Waals surface area (Å²) in [6.45, 7) is 3.47. The van der Waals surface area contributed by atoms with Gasteiger partial charge >= 0.3 is 0 Å². The normalized spacial score (nSPS) is 15.9. The molecule has 0 aliphatic carbocycles. The van der Waals surface area contributed by atoms with Gasteiger partial charge in [-0.3, -0.25) is 4.79 Å². The number of rotatable bonds is 7. The lowest BCUT2D eigenvalue weighted by atomic mass is 9.97. The largest absolute Gasteiger partial charge is 0.361 e. The fourth-order valence-electron chi connectivity index (χ4n) is 4.39. The monoisotopic (exact) mass is 439 g/mol. The van der Waals surface area contributed by atoms with Crippen LogP contribution in [-0.2, 0) is 27.0 Å². The van der Waals surface area contributed by atoms with Gasteiger partial charge in [-0.25, -0.2) is 12.7 Å². The molecule has 6 nitrogen and oxygen atoms in total. The summed E-state index contributed by atoms with van der Waals surface area (Å²) in [5.74, 6) is -0.0982. The van der Waals surface area contributed by atoms with Crippen molar-refractivity contribution in [3.8, 4) is 0 Å². The highest BCUT2D eigenvalue weighted by atomic mass is 32.2. The standard InChI is InChI=1S/C24H29N3O3S/c1-18-6-5-9-22-23(18)21(16-26-22)10-13-25-24(28)20-11-14-27(15-12-20)31(29,30)17-19-7-3-2-4-8-19/h2-9,16,20,26H,10-15,17H2,1H3,(H,25,28). The number of sulfonamides is 1. The molecule has 0 atom stereocenters. The van der Waals surface area contributed by atoms with Crippen molar-refractivity contribution in [3.63, 3.8) is 0 Å². The van der Waals surface area contributed by atoms with Crippen LogP contribution in [0.25, 0.3) is 10.9 Å². The first kappa shape index (κ1) is 21.6. The third kappa shape index (κ3) is 4.99. The SMILES string of the molecule is Cc1cccc2[nH]cc(CCNC(=O)C3CCN(S(=O)(=O)Cc4ccccc4)CC3)c12. The van der Waals surface area contributed by atoms with Crippen LogP contribution in [0.3, 0.4) is 0 Å². The van der Waals surface area contributed by atoms with Crippen molar-refractivity contribution < 1.29 is 13.2 Å². The van der Waals surface area contributed by atoms with E-state index in [2.05, 4.69) is 29.4 Å². The minimum atomic E-state index is -3.36. The maximum absolute atomic E-state index is 12.7. The van der Waals surface area contributed by atoms with Gasteiger partial charge in [0.1, 0.15) is 0 Å². The molecule has 0 saturated carbocycles. The highest BCUT2D eigenvalue weighted by molar-refractivity contribution is 7.88. The second kappa shape index (κ2) is 9.24. The van der Waals surface area contributed by atoms with Crippen molar-refractivity contribution in [1.82, 2.24) is 14.6 Å². The molecule has 1 saturated heterocycles. The molecule has 4 rings (SSSR count). The van der Waals surface area contributed by atoms with Gasteiger partial charge in [0.25, 0.3) is 0 Å². The Labute approximate surface area is 183 Å². The van der Waals surface area contributed by atoms with Crippen LogP contribution in [0.5, 0.6) is 0 Å². The number of fused-ring (bicyclic) bond motifs is 1. The highest BCUT2D eigenvalue weighted by Crippen LogP contribution is 2.23. The Hall–Kier alpha value is -2.64. The second-order valence-corrected chi connectivity index (χ2v) is 10.2. The first-order valence-corrected chi connectivity index (χ1v) is 12.4. The van der Waals surface area contributed by atoms with Crippen molar-refractivity contribution in [3.05, 3.63) is 71.4 Å². The number of nitrogens with zero attached hydrogens (tertiary/aromatic N) is 1. The molecule has 1 aliphatic heterocycles. The van der Waals surface area contributed by atoms with E-state index in [9.17, 15) is 13.2 Å². The van der Waals surface area contributed by atoms with Crippen molar-refractivity contribution in [2.45, 2.75) is 31.9 Å². The molecular weight excluding hydrogens is 410 g/mol. The van der Waals surface area contributed by atoms with Crippen LogP contribution in [0.2, 0.25) is 0 Å². The molecule has 1 fully saturated rings. The first-order chi connectivity index (χ1) is 14.9. The number of hydrogen-bond donors (Lipinski definition) is 2. The zero-order valence-corrected chi connectivity index (χ0v) is 18.6. The summed E-state index contributed by atoms with van der Waals surface area (Å²) in [6.07, 6.45) is 3.90. The number of aryl methyl sites for hydroxylation is 1. The zero-order valence-electron chi connectivity index (χ0n) is 17.8. The molecule has 0 spiro atoms. The molecule has 164 valence electrons. The Morgan fingerprint density at radius 1 is 1.10 bits per heavy atom. The smallest absolute Gasteiger partial charge is 0.223 e. The van der Waals surface area contributed by atoms with Gasteiger partial charge in [0.2, 0.25) is 15.9 Å². The summed E-state index contributed by atoms with van der Waals surface area (Å²) in [5, 5.41) is 4.28. The quantitative estimate of drug-likeness (QED) is 0.592. The molecule has 2 aromatic carbocycles. The number of carbonyl (C=O) groups excluding carboxylic acids is 1. The highest BCUT2D eigenvalue weighted by Gasteiger charge is 2.31. The van der Waals surface area contributed by atoms with Crippen LogP contribution in [0, 0.1) is 12.8 Å². The van der Waals surface area contributed by atoms with Crippen LogP contribution in [-0.4, -0.2) is 43.2 Å². The number of aromatic amines is 1. The van der Waals surface area contributed by atoms with Gasteiger partial charge in [-0.15, -0.1) is 0 Å². The average molecular weight is 440 g/mol. The number of aromatic nitrogens is 1. The second-order valence-electron chi connectivity index (χ2n) is 8.27. The number of benzene rings is 2. The van der Waals surface area contributed by atoms with Gasteiger partial charge < -0.3 is 10.3 Å². The maximum Gasteiger partial charge on any atom is 0.223 e. The molecular formula is C24H29N3O3S. The predicted octanol–water partition coefficient (Wildman–Crippen LogP) is 3.38. The van der Waals surface area contributed by atoms with Gasteiger partial charge in [-0.2, -0.15) is 0 Å². The average Bonchev–Trinajstić information content (AvgIpc) is 3.18. The van der Waals surface area contributed by atoms with Crippen LogP contribution in [0.4, 0.5) is 0 Å². The van der Waals surface area contributed by atoms with Crippen molar-refractivity contribution in [2.24, 2.45) is 5.92 Å². The fraction of sp³-hybridized carbons (Fsp3) is 0.375. The van der Waals surface area contributed by atoms with Crippen LogP contribution >= 0.6 is 0 Å². The molecule has 1 amide bonds. The summed E-state index contributed by atoms with van der Waals surface area (Å²) in [7, 11) is -3.36. The van der Waals surface area contributed by atoms with E-state index in [1.807, 2.05) is 42.6 Å². The summed E-state index contributed by atoms with van der Waals surface area (Å²) < 4.78 is 26.9. The molecule has 0 unspecified atom stereocenters. The van der Waals surface area contributed by atoms with E-state index in [0.29, 0.717) is 32.5 Å². The minimum Gasteiger partial charge on any atom is -0.361 e. The van der Waals surface area contributed by atoms with E-state index in [0.717, 1.165) is 17.5 Å². The lowest BCUT2D eigenvalue weighted by Crippen LogP contribution is -2.43. The van der Waals surface area contributed by atoms with E-state index < -0.39 is 10.0 Å². The Morgan fingerprint density at radius 3 is 2.58 bits per heavy atom. The number of amides is 1. The number of piperidine rings is 1. The molecule has 1 aliphatic rings. The number of hydrogen-bond acceptors (Lipinski definition) is 3. The molecule has 2 heterocycles. The van der Waals surface area contributed by atoms with E-state index in [4.69, 9.17) is 0 Å². The van der Waals surface area contributed by atoms with Gasteiger partial charge in [0.15, 0.2) is 0 Å². The number of H-pyrrole nitrogens is 1. The number of carbonyl (C=O) groups is 1. The van der Waals surface area contributed by atoms with E-state index in [1.165, 1.54) is 20.8 Å². The molecule has 3 aromatic rings. The van der Waals surface area contributed by atoms with E-state index >= 15 is 0 Å². The van der Waals surface area contributed by atoms with E-state index in [-0.39, 0.29) is 17.6 Å². The van der Waals surface area contributed by atoms with Crippen molar-refractivity contribution in [2.75, 3.05) is 19.6 Å². The summed E-state index contributed by atoms with van der Waals surface area (Å²) in [4.78, 5) is 15.9. The van der Waals surface area contributed by atoms with Gasteiger partial charge in [0, 0.05) is 42.7 Å². The van der Waals surface area contributed by atoms with Crippen molar-refractivity contribution in [1.29, 1.82) is 0 Å². The third-order valence-electron chi connectivity index (χ3n) is 6.10. The fourth-order valence-corrected chi connectivity index (χ4v) is 5.95. The zero-order chi connectivity index (χ0) is 21.8. The van der Waals surface area contributed by atoms with Crippen LogP contribution in [0.15, 0.2) is 54.7 Å².